The van der Waals surface area contributed by atoms with Crippen molar-refractivity contribution in [2.24, 2.45) is 0 Å². The molecular formula is C20H21N3O2. The van der Waals surface area contributed by atoms with Crippen LogP contribution in [0.25, 0.3) is 16.1 Å². The Balaban J connectivity index is 1.94. The van der Waals surface area contributed by atoms with Crippen LogP contribution in [0.3, 0.4) is 0 Å². The summed E-state index contributed by atoms with van der Waals surface area (Å²) in [6, 6.07) is 9.15. The zero-order valence-corrected chi connectivity index (χ0v) is 14.4. The van der Waals surface area contributed by atoms with E-state index in [2.05, 4.69) is 14.7 Å². The molecule has 0 bridgehead atoms. The Bertz CT molecular complexity index is 803. The van der Waals surface area contributed by atoms with Gasteiger partial charge in [-0.2, -0.15) is 0 Å². The minimum atomic E-state index is -0.393. The van der Waals surface area contributed by atoms with Crippen LogP contribution in [0.1, 0.15) is 36.0 Å². The predicted octanol–water partition coefficient (Wildman–Crippen LogP) is 4.47. The summed E-state index contributed by atoms with van der Waals surface area (Å²) in [7, 11) is 1.36. The van der Waals surface area contributed by atoms with Crippen LogP contribution in [-0.4, -0.2) is 31.2 Å². The average Bonchev–Trinajstić information content (AvgIpc) is 2.96. The largest absolute Gasteiger partial charge is 0.465 e. The minimum Gasteiger partial charge on any atom is -0.465 e. The number of carbonyl (C=O) groups is 1. The van der Waals surface area contributed by atoms with Gasteiger partial charge < -0.3 is 9.64 Å². The van der Waals surface area contributed by atoms with Crippen LogP contribution in [0.4, 0.5) is 11.4 Å². The molecule has 3 rings (SSSR count). The predicted molar refractivity (Wildman–Crippen MR) is 98.0 cm³/mol. The highest BCUT2D eigenvalue weighted by atomic mass is 16.5. The van der Waals surface area contributed by atoms with Crippen molar-refractivity contribution in [3.05, 3.63) is 53.5 Å². The Morgan fingerprint density at radius 3 is 2.60 bits per heavy atom. The van der Waals surface area contributed by atoms with Gasteiger partial charge in [0.1, 0.15) is 0 Å². The molecule has 2 aromatic rings. The molecule has 0 amide bonds. The number of esters is 1. The minimum absolute atomic E-state index is 0.393. The first kappa shape index (κ1) is 17.0. The van der Waals surface area contributed by atoms with Gasteiger partial charge in [0, 0.05) is 25.0 Å². The molecule has 0 spiro atoms. The third-order valence-corrected chi connectivity index (χ3v) is 4.52. The van der Waals surface area contributed by atoms with Gasteiger partial charge in [-0.3, -0.25) is 4.98 Å². The maximum absolute atomic E-state index is 11.7. The fraction of sp³-hybridized carbons (Fsp3) is 0.350. The molecule has 0 radical (unpaired) electrons. The first-order valence-electron chi connectivity index (χ1n) is 8.54. The topological polar surface area (TPSA) is 46.8 Å². The van der Waals surface area contributed by atoms with E-state index >= 15 is 0 Å². The number of rotatable bonds is 3. The molecule has 0 aliphatic carbocycles. The lowest BCUT2D eigenvalue weighted by Crippen LogP contribution is -2.23. The van der Waals surface area contributed by atoms with Crippen LogP contribution in [0.2, 0.25) is 0 Å². The highest BCUT2D eigenvalue weighted by molar-refractivity contribution is 5.90. The summed E-state index contributed by atoms with van der Waals surface area (Å²) in [5.41, 5.74) is 3.56. The molecule has 25 heavy (non-hydrogen) atoms. The fourth-order valence-corrected chi connectivity index (χ4v) is 3.18. The van der Waals surface area contributed by atoms with Gasteiger partial charge in [0.2, 0.25) is 5.69 Å². The van der Waals surface area contributed by atoms with Crippen molar-refractivity contribution in [3.63, 3.8) is 0 Å². The second-order valence-corrected chi connectivity index (χ2v) is 6.14. The van der Waals surface area contributed by atoms with E-state index in [0.717, 1.165) is 24.3 Å². The Hall–Kier alpha value is -2.87. The summed E-state index contributed by atoms with van der Waals surface area (Å²) in [5, 5.41) is 0. The highest BCUT2D eigenvalue weighted by Gasteiger charge is 2.15. The van der Waals surface area contributed by atoms with E-state index in [1.807, 2.05) is 18.2 Å². The van der Waals surface area contributed by atoms with Crippen molar-refractivity contribution in [2.45, 2.75) is 25.7 Å². The summed E-state index contributed by atoms with van der Waals surface area (Å²) < 4.78 is 4.76. The number of methoxy groups -OCH3 is 1. The van der Waals surface area contributed by atoms with Crippen LogP contribution >= 0.6 is 0 Å². The average molecular weight is 335 g/mol. The summed E-state index contributed by atoms with van der Waals surface area (Å²) in [6.45, 7) is 9.56. The molecule has 0 unspecified atom stereocenters. The molecule has 5 nitrogen and oxygen atoms in total. The quantitative estimate of drug-likeness (QED) is 0.613. The third-order valence-electron chi connectivity index (χ3n) is 4.52. The van der Waals surface area contributed by atoms with Gasteiger partial charge in [0.25, 0.3) is 0 Å². The van der Waals surface area contributed by atoms with E-state index < -0.39 is 5.97 Å². The van der Waals surface area contributed by atoms with E-state index in [1.54, 1.807) is 18.3 Å². The lowest BCUT2D eigenvalue weighted by atomic mass is 10.1. The summed E-state index contributed by atoms with van der Waals surface area (Å²) in [6.07, 6.45) is 6.43. The van der Waals surface area contributed by atoms with Crippen molar-refractivity contribution < 1.29 is 9.53 Å². The number of anilines is 1. The molecule has 1 aliphatic heterocycles. The molecule has 0 saturated carbocycles. The monoisotopic (exact) mass is 335 g/mol. The molecule has 1 aliphatic rings. The Morgan fingerprint density at radius 2 is 1.92 bits per heavy atom. The van der Waals surface area contributed by atoms with Crippen LogP contribution in [-0.2, 0) is 4.74 Å². The molecule has 0 N–H and O–H groups in total. The smallest absolute Gasteiger partial charge is 0.337 e. The second kappa shape index (κ2) is 7.80. The molecule has 1 fully saturated rings. The molecule has 1 aromatic heterocycles. The molecule has 5 heteroatoms. The second-order valence-electron chi connectivity index (χ2n) is 6.14. The van der Waals surface area contributed by atoms with Gasteiger partial charge in [-0.05, 0) is 42.7 Å². The maximum Gasteiger partial charge on any atom is 0.337 e. The number of hydrogen-bond donors (Lipinski definition) is 0. The van der Waals surface area contributed by atoms with E-state index in [-0.39, 0.29) is 0 Å². The van der Waals surface area contributed by atoms with Crippen molar-refractivity contribution in [1.82, 2.24) is 4.98 Å². The van der Waals surface area contributed by atoms with E-state index in [0.29, 0.717) is 16.9 Å². The molecule has 0 atom stereocenters. The third kappa shape index (κ3) is 3.80. The number of carbonyl (C=O) groups excluding carboxylic acids is 1. The van der Waals surface area contributed by atoms with Gasteiger partial charge in [0.15, 0.2) is 0 Å². The number of nitrogens with zero attached hydrogens (tertiary/aromatic N) is 3. The Morgan fingerprint density at radius 1 is 1.16 bits per heavy atom. The Labute approximate surface area is 148 Å². The summed E-state index contributed by atoms with van der Waals surface area (Å²) >= 11 is 0. The number of benzene rings is 1. The zero-order valence-electron chi connectivity index (χ0n) is 14.4. The van der Waals surface area contributed by atoms with Crippen molar-refractivity contribution >= 4 is 17.3 Å². The fourth-order valence-electron chi connectivity index (χ4n) is 3.18. The highest BCUT2D eigenvalue weighted by Crippen LogP contribution is 2.34. The lowest BCUT2D eigenvalue weighted by Gasteiger charge is -2.24. The van der Waals surface area contributed by atoms with E-state index in [1.165, 1.54) is 32.8 Å². The van der Waals surface area contributed by atoms with Gasteiger partial charge in [-0.25, -0.2) is 9.64 Å². The molecule has 1 aromatic carbocycles. The molecule has 2 heterocycles. The number of hydrogen-bond acceptors (Lipinski definition) is 4. The van der Waals surface area contributed by atoms with E-state index in [9.17, 15) is 4.79 Å². The van der Waals surface area contributed by atoms with Gasteiger partial charge in [-0.15, -0.1) is 0 Å². The van der Waals surface area contributed by atoms with Crippen molar-refractivity contribution in [2.75, 3.05) is 25.1 Å². The van der Waals surface area contributed by atoms with Gasteiger partial charge in [-0.1, -0.05) is 18.9 Å². The summed E-state index contributed by atoms with van der Waals surface area (Å²) in [5.74, 6) is -0.393. The van der Waals surface area contributed by atoms with Crippen LogP contribution in [0, 0.1) is 6.57 Å². The Kier molecular flexibility index (Phi) is 5.30. The van der Waals surface area contributed by atoms with Gasteiger partial charge in [0.05, 0.1) is 24.9 Å². The standard InChI is InChI=1S/C20H21N3O2/c1-21-18-13-15(17-14-16(9-10-22-17)20(24)25-2)7-8-19(18)23-11-5-3-4-6-12-23/h7-10,13-14H,3-6,11-12H2,2H3. The van der Waals surface area contributed by atoms with Gasteiger partial charge >= 0.3 is 5.97 Å². The molecule has 128 valence electrons. The van der Waals surface area contributed by atoms with Crippen LogP contribution < -0.4 is 4.90 Å². The first-order chi connectivity index (χ1) is 12.2. The maximum atomic E-state index is 11.7. The van der Waals surface area contributed by atoms with E-state index in [4.69, 9.17) is 11.3 Å². The number of ether oxygens (including phenoxy) is 1. The lowest BCUT2D eigenvalue weighted by molar-refractivity contribution is 0.0600. The number of aromatic nitrogens is 1. The SMILES string of the molecule is [C-]#[N+]c1cc(-c2cc(C(=O)OC)ccn2)ccc1N1CCCCCC1. The van der Waals surface area contributed by atoms with Crippen molar-refractivity contribution in [3.8, 4) is 11.3 Å². The number of pyridine rings is 1. The normalized spacial score (nSPS) is 14.5. The first-order valence-corrected chi connectivity index (χ1v) is 8.54. The molecule has 1 saturated heterocycles. The van der Waals surface area contributed by atoms with Crippen molar-refractivity contribution in [1.29, 1.82) is 0 Å². The van der Waals surface area contributed by atoms with Crippen LogP contribution in [0.5, 0.6) is 0 Å². The molecular weight excluding hydrogens is 314 g/mol. The summed E-state index contributed by atoms with van der Waals surface area (Å²) in [4.78, 5) is 22.1. The van der Waals surface area contributed by atoms with Crippen LogP contribution in [0.15, 0.2) is 36.5 Å². The zero-order chi connectivity index (χ0) is 17.6.